The maximum atomic E-state index is 2.22. The molecule has 0 fully saturated rings. The molecule has 0 saturated carbocycles. The Morgan fingerprint density at radius 3 is 1.43 bits per heavy atom. The molecule has 7 heavy (non-hydrogen) atoms. The first kappa shape index (κ1) is 15.7. The molecule has 0 heterocycles. The van der Waals surface area contributed by atoms with E-state index in [-0.39, 0.29) is 35.5 Å². The Bertz CT molecular complexity index is 22.0. The fourth-order valence-corrected chi connectivity index (χ4v) is 0. The Labute approximate surface area is 68.6 Å². The third-order valence-electron chi connectivity index (χ3n) is 0.816. The van der Waals surface area contributed by atoms with Crippen molar-refractivity contribution < 1.29 is 12.4 Å². The molecule has 0 amide bonds. The zero-order chi connectivity index (χ0) is 4.28. The maximum absolute atomic E-state index is 2.22. The second-order valence-corrected chi connectivity index (χ2v) is 1.80. The molecule has 0 unspecified atom stereocenters. The summed E-state index contributed by atoms with van der Waals surface area (Å²) < 4.78 is 0. The Hall–Kier alpha value is 1.06. The Morgan fingerprint density at radius 2 is 1.43 bits per heavy atom. The molecule has 40 valence electrons. The fourth-order valence-electron chi connectivity index (χ4n) is 0. The second-order valence-electron chi connectivity index (χ2n) is 1.80. The van der Waals surface area contributed by atoms with Crippen molar-refractivity contribution in [1.82, 2.24) is 0 Å². The molecule has 0 aliphatic rings. The quantitative estimate of drug-likeness (QED) is 0.388. The molecule has 0 bridgehead atoms. The van der Waals surface area contributed by atoms with E-state index >= 15 is 0 Å². The summed E-state index contributed by atoms with van der Waals surface area (Å²) in [5, 5.41) is 0. The monoisotopic (exact) mass is 131 g/mol. The molecule has 0 aromatic rings. The number of rotatable bonds is 1. The van der Waals surface area contributed by atoms with E-state index in [1.807, 2.05) is 0 Å². The number of halogens is 1. The van der Waals surface area contributed by atoms with Crippen molar-refractivity contribution >= 4 is 23.1 Å². The Morgan fingerprint density at radius 1 is 1.29 bits per heavy atom. The van der Waals surface area contributed by atoms with Gasteiger partial charge in [0.15, 0.2) is 0 Å². The third kappa shape index (κ3) is 19.3. The summed E-state index contributed by atoms with van der Waals surface area (Å²) in [5.41, 5.74) is 0. The van der Waals surface area contributed by atoms with Gasteiger partial charge in [0, 0.05) is 0 Å². The average Bonchev–Trinajstić information content (AvgIpc) is 1.38. The van der Waals surface area contributed by atoms with Gasteiger partial charge >= 0.3 is 23.1 Å². The number of hydrogen-bond donors (Lipinski definition) is 0. The molecule has 0 aromatic heterocycles. The van der Waals surface area contributed by atoms with Gasteiger partial charge in [0.1, 0.15) is 0 Å². The summed E-state index contributed by atoms with van der Waals surface area (Å²) in [4.78, 5) is 0. The summed E-state index contributed by atoms with van der Waals surface area (Å²) in [6, 6.07) is 0. The van der Waals surface area contributed by atoms with E-state index < -0.39 is 0 Å². The molecule has 0 aliphatic carbocycles. The molecular weight excluding hydrogens is 120 g/mol. The van der Waals surface area contributed by atoms with Gasteiger partial charge in [0.05, 0.1) is 0 Å². The molecule has 2 heteroatoms. The predicted molar refractivity (Wildman–Crippen MR) is 30.9 cm³/mol. The molecule has 0 nitrogen and oxygen atoms in total. The van der Waals surface area contributed by atoms with Crippen LogP contribution in [0.3, 0.4) is 0 Å². The zero-order valence-corrected chi connectivity index (χ0v) is 7.54. The summed E-state index contributed by atoms with van der Waals surface area (Å²) in [6.45, 7) is 6.64. The van der Waals surface area contributed by atoms with E-state index in [1.165, 1.54) is 6.42 Å². The van der Waals surface area contributed by atoms with Gasteiger partial charge in [-0.3, -0.25) is 0 Å². The van der Waals surface area contributed by atoms with Crippen LogP contribution in [0, 0.1) is 5.92 Å². The van der Waals surface area contributed by atoms with Gasteiger partial charge in [0.2, 0.25) is 0 Å². The van der Waals surface area contributed by atoms with Crippen molar-refractivity contribution in [3.05, 3.63) is 0 Å². The van der Waals surface area contributed by atoms with E-state index in [4.69, 9.17) is 0 Å². The fraction of sp³-hybridized carbons (Fsp3) is 1.00. The summed E-state index contributed by atoms with van der Waals surface area (Å²) >= 11 is 0. The van der Waals surface area contributed by atoms with E-state index in [2.05, 4.69) is 20.8 Å². The van der Waals surface area contributed by atoms with Gasteiger partial charge in [-0.2, -0.15) is 0 Å². The summed E-state index contributed by atoms with van der Waals surface area (Å²) in [6.07, 6.45) is 1.31. The van der Waals surface area contributed by atoms with Crippen LogP contribution in [-0.4, -0.2) is 23.1 Å². The first-order chi connectivity index (χ1) is 2.27. The van der Waals surface area contributed by atoms with Gasteiger partial charge < -0.3 is 12.4 Å². The zero-order valence-electron chi connectivity index (χ0n) is 5.37. The third-order valence-corrected chi connectivity index (χ3v) is 0.816. The molecule has 0 radical (unpaired) electrons. The van der Waals surface area contributed by atoms with Crippen molar-refractivity contribution in [3.8, 4) is 0 Å². The SMILES string of the molecule is CCC(C)C.[Cl-].[Mg+2]. The van der Waals surface area contributed by atoms with E-state index in [0.717, 1.165) is 5.92 Å². The van der Waals surface area contributed by atoms with Gasteiger partial charge in [-0.25, -0.2) is 0 Å². The van der Waals surface area contributed by atoms with Crippen LogP contribution in [0.25, 0.3) is 0 Å². The molecule has 0 aliphatic heterocycles. The average molecular weight is 132 g/mol. The number of hydrogen-bond acceptors (Lipinski definition) is 0. The standard InChI is InChI=1S/C5H12.ClH.Mg/c1-4-5(2)3;;/h5H,4H2,1-3H3;1H;/q;;+2/p-1. The largest absolute Gasteiger partial charge is 2.00 e. The van der Waals surface area contributed by atoms with Crippen LogP contribution in [0.15, 0.2) is 0 Å². The molecule has 0 atom stereocenters. The van der Waals surface area contributed by atoms with E-state index in [9.17, 15) is 0 Å². The van der Waals surface area contributed by atoms with E-state index in [0.29, 0.717) is 0 Å². The minimum Gasteiger partial charge on any atom is -1.00 e. The van der Waals surface area contributed by atoms with Crippen LogP contribution >= 0.6 is 0 Å². The molecule has 0 saturated heterocycles. The van der Waals surface area contributed by atoms with Gasteiger partial charge in [0.25, 0.3) is 0 Å². The molecule has 0 rings (SSSR count). The molecule has 0 N–H and O–H groups in total. The van der Waals surface area contributed by atoms with Crippen molar-refractivity contribution in [3.63, 3.8) is 0 Å². The Kier molecular flexibility index (Phi) is 22.7. The van der Waals surface area contributed by atoms with E-state index in [1.54, 1.807) is 0 Å². The predicted octanol–water partition coefficient (Wildman–Crippen LogP) is -1.32. The van der Waals surface area contributed by atoms with Gasteiger partial charge in [-0.15, -0.1) is 0 Å². The normalized spacial score (nSPS) is 6.86. The Balaban J connectivity index is -0.0000000800. The minimum atomic E-state index is 0. The first-order valence-electron chi connectivity index (χ1n) is 2.27. The minimum absolute atomic E-state index is 0. The smallest absolute Gasteiger partial charge is 1.00 e. The van der Waals surface area contributed by atoms with Crippen LogP contribution in [0.5, 0.6) is 0 Å². The molecular formula is C5H12ClMg+. The van der Waals surface area contributed by atoms with Crippen molar-refractivity contribution in [2.45, 2.75) is 27.2 Å². The molecule has 0 aromatic carbocycles. The maximum Gasteiger partial charge on any atom is 2.00 e. The first-order valence-corrected chi connectivity index (χ1v) is 2.27. The van der Waals surface area contributed by atoms with Gasteiger partial charge in [-0.05, 0) is 5.92 Å². The van der Waals surface area contributed by atoms with Crippen LogP contribution in [0.1, 0.15) is 27.2 Å². The van der Waals surface area contributed by atoms with Crippen LogP contribution in [0.2, 0.25) is 0 Å². The van der Waals surface area contributed by atoms with Crippen LogP contribution in [0.4, 0.5) is 0 Å². The van der Waals surface area contributed by atoms with Crippen molar-refractivity contribution in [1.29, 1.82) is 0 Å². The van der Waals surface area contributed by atoms with Crippen molar-refractivity contribution in [2.75, 3.05) is 0 Å². The van der Waals surface area contributed by atoms with Crippen LogP contribution < -0.4 is 12.4 Å². The molecule has 0 spiro atoms. The van der Waals surface area contributed by atoms with Gasteiger partial charge in [-0.1, -0.05) is 27.2 Å². The topological polar surface area (TPSA) is 0 Å². The summed E-state index contributed by atoms with van der Waals surface area (Å²) in [7, 11) is 0. The van der Waals surface area contributed by atoms with Crippen LogP contribution in [-0.2, 0) is 0 Å². The van der Waals surface area contributed by atoms with Crippen molar-refractivity contribution in [2.24, 2.45) is 5.92 Å². The summed E-state index contributed by atoms with van der Waals surface area (Å²) in [5.74, 6) is 0.884. The second kappa shape index (κ2) is 10.1.